The largest absolute Gasteiger partial charge is 0.544 e. The number of carboxylic acids is 1. The normalized spacial score (nSPS) is 14.5. The van der Waals surface area contributed by atoms with Gasteiger partial charge >= 0.3 is 5.97 Å². The first kappa shape index (κ1) is 38.3. The Balaban J connectivity index is 3.71. The third kappa shape index (κ3) is 25.9. The molecule has 0 saturated heterocycles. The molecule has 1 N–H and O–H groups in total. The van der Waals surface area contributed by atoms with E-state index in [9.17, 15) is 19.8 Å². The summed E-state index contributed by atoms with van der Waals surface area (Å²) in [5.41, 5.74) is 0. The highest BCUT2D eigenvalue weighted by Gasteiger charge is 2.24. The Hall–Kier alpha value is -2.74. The number of carboxylic acid groups (broad SMARTS) is 1. The molecule has 232 valence electrons. The molecule has 0 aliphatic heterocycles. The van der Waals surface area contributed by atoms with Crippen molar-refractivity contribution in [3.05, 3.63) is 72.9 Å². The summed E-state index contributed by atoms with van der Waals surface area (Å²) in [5, 5.41) is 21.2. The van der Waals surface area contributed by atoms with E-state index in [4.69, 9.17) is 9.47 Å². The van der Waals surface area contributed by atoms with E-state index >= 15 is 0 Å². The lowest BCUT2D eigenvalue weighted by Crippen LogP contribution is -2.55. The van der Waals surface area contributed by atoms with Crippen molar-refractivity contribution in [2.24, 2.45) is 0 Å². The van der Waals surface area contributed by atoms with Crippen LogP contribution in [0.15, 0.2) is 72.9 Å². The highest BCUT2D eigenvalue weighted by Crippen LogP contribution is 2.08. The van der Waals surface area contributed by atoms with Gasteiger partial charge in [-0.1, -0.05) is 79.8 Å². The first-order valence-electron chi connectivity index (χ1n) is 15.0. The Morgan fingerprint density at radius 1 is 0.756 bits per heavy atom. The maximum Gasteiger partial charge on any atom is 0.305 e. The van der Waals surface area contributed by atoms with E-state index < -0.39 is 18.1 Å². The van der Waals surface area contributed by atoms with Gasteiger partial charge in [-0.05, 0) is 57.8 Å². The lowest BCUT2D eigenvalue weighted by Gasteiger charge is -2.34. The maximum absolute atomic E-state index is 11.9. The molecule has 41 heavy (non-hydrogen) atoms. The topological polar surface area (TPSA) is 95.9 Å². The molecular formula is C34H55NO6. The van der Waals surface area contributed by atoms with Crippen LogP contribution in [0.1, 0.15) is 77.6 Å². The summed E-state index contributed by atoms with van der Waals surface area (Å²) >= 11 is 0. The smallest absolute Gasteiger partial charge is 0.305 e. The molecule has 2 atom stereocenters. The predicted octanol–water partition coefficient (Wildman–Crippen LogP) is 5.38. The SMILES string of the molecule is CC/C=C/C/C=C/C/C=C/C/C=C/C/C=C/C/C=C/CCCCC(=O)OCC(O)COCCC(C(=O)[O-])[N+](C)(C)C. The minimum absolute atomic E-state index is 0.0210. The quantitative estimate of drug-likeness (QED) is 0.0682. The van der Waals surface area contributed by atoms with Crippen molar-refractivity contribution in [3.8, 4) is 0 Å². The second-order valence-electron chi connectivity index (χ2n) is 10.8. The first-order chi connectivity index (χ1) is 19.7. The molecule has 0 fully saturated rings. The van der Waals surface area contributed by atoms with Crippen LogP contribution in [0.5, 0.6) is 0 Å². The van der Waals surface area contributed by atoms with E-state index in [1.165, 1.54) is 0 Å². The number of hydrogen-bond donors (Lipinski definition) is 1. The zero-order chi connectivity index (χ0) is 30.6. The van der Waals surface area contributed by atoms with Gasteiger partial charge in [0.25, 0.3) is 0 Å². The first-order valence-corrected chi connectivity index (χ1v) is 15.0. The van der Waals surface area contributed by atoms with Crippen molar-refractivity contribution >= 4 is 11.9 Å². The Morgan fingerprint density at radius 2 is 1.24 bits per heavy atom. The molecule has 0 bridgehead atoms. The fourth-order valence-corrected chi connectivity index (χ4v) is 3.72. The molecule has 0 amide bonds. The summed E-state index contributed by atoms with van der Waals surface area (Å²) in [4.78, 5) is 23.1. The molecule has 0 saturated carbocycles. The minimum atomic E-state index is -1.13. The van der Waals surface area contributed by atoms with E-state index in [1.54, 1.807) is 21.1 Å². The number of nitrogens with zero attached hydrogens (tertiary/aromatic N) is 1. The summed E-state index contributed by atoms with van der Waals surface area (Å²) in [6.45, 7) is 2.16. The van der Waals surface area contributed by atoms with Gasteiger partial charge in [-0.3, -0.25) is 4.79 Å². The molecule has 2 unspecified atom stereocenters. The summed E-state index contributed by atoms with van der Waals surface area (Å²) in [6.07, 6.45) is 34.2. The third-order valence-corrected chi connectivity index (χ3v) is 6.09. The highest BCUT2D eigenvalue weighted by atomic mass is 16.5. The van der Waals surface area contributed by atoms with E-state index in [1.807, 2.05) is 0 Å². The molecule has 0 aliphatic carbocycles. The number of likely N-dealkylation sites (N-methyl/N-ethyl adjacent to an activating group) is 1. The lowest BCUT2D eigenvalue weighted by molar-refractivity contribution is -0.889. The monoisotopic (exact) mass is 573 g/mol. The van der Waals surface area contributed by atoms with Gasteiger partial charge in [-0.2, -0.15) is 0 Å². The van der Waals surface area contributed by atoms with Crippen molar-refractivity contribution in [1.82, 2.24) is 0 Å². The Bertz CT molecular complexity index is 848. The fraction of sp³-hybridized carbons (Fsp3) is 0.588. The van der Waals surface area contributed by atoms with Gasteiger partial charge in [0, 0.05) is 12.8 Å². The molecule has 7 nitrogen and oxygen atoms in total. The number of rotatable bonds is 25. The molecule has 0 aromatic rings. The number of carbonyl (C=O) groups is 2. The molecule has 0 heterocycles. The van der Waals surface area contributed by atoms with Crippen molar-refractivity contribution in [1.29, 1.82) is 0 Å². The number of aliphatic hydroxyl groups is 1. The summed E-state index contributed by atoms with van der Waals surface area (Å²) in [7, 11) is 5.33. The molecule has 0 rings (SSSR count). The number of allylic oxidation sites excluding steroid dienone is 12. The zero-order valence-corrected chi connectivity index (χ0v) is 25.9. The standard InChI is InChI=1S/C34H55NO6/c1-5-6-7-8-9-10-11-12-13-14-15-16-17-18-19-20-21-22-23-24-25-26-33(37)41-30-31(36)29-40-28-27-32(34(38)39)35(2,3)4/h6-7,9-10,12-13,15-16,18-19,21-22,31-32,36H,5,8,11,14,17,20,23-30H2,1-4H3/b7-6+,10-9+,13-12+,16-15+,19-18+,22-21+. The van der Waals surface area contributed by atoms with Crippen LogP contribution in [-0.2, 0) is 19.1 Å². The van der Waals surface area contributed by atoms with Crippen LogP contribution in [-0.4, -0.2) is 74.6 Å². The number of hydrogen-bond acceptors (Lipinski definition) is 6. The van der Waals surface area contributed by atoms with E-state index in [0.29, 0.717) is 6.42 Å². The number of ether oxygens (including phenoxy) is 2. The van der Waals surface area contributed by atoms with E-state index in [-0.39, 0.29) is 36.7 Å². The van der Waals surface area contributed by atoms with Gasteiger partial charge in [0.1, 0.15) is 18.8 Å². The number of aliphatic hydroxyl groups excluding tert-OH is 1. The van der Waals surface area contributed by atoms with Crippen molar-refractivity contribution in [2.45, 2.75) is 89.7 Å². The highest BCUT2D eigenvalue weighted by molar-refractivity contribution is 5.69. The molecule has 0 aromatic carbocycles. The molecule has 0 spiro atoms. The van der Waals surface area contributed by atoms with Gasteiger partial charge in [-0.25, -0.2) is 0 Å². The second-order valence-corrected chi connectivity index (χ2v) is 10.8. The van der Waals surface area contributed by atoms with Crippen molar-refractivity contribution in [2.75, 3.05) is 41.0 Å². The van der Waals surface area contributed by atoms with Crippen LogP contribution in [0.25, 0.3) is 0 Å². The number of esters is 1. The van der Waals surface area contributed by atoms with Crippen LogP contribution < -0.4 is 5.11 Å². The van der Waals surface area contributed by atoms with Crippen LogP contribution in [0.2, 0.25) is 0 Å². The molecule has 0 radical (unpaired) electrons. The summed E-state index contributed by atoms with van der Waals surface area (Å²) < 4.78 is 10.7. The van der Waals surface area contributed by atoms with Crippen molar-refractivity contribution in [3.63, 3.8) is 0 Å². The minimum Gasteiger partial charge on any atom is -0.544 e. The number of carbonyl (C=O) groups excluding carboxylic acids is 2. The van der Waals surface area contributed by atoms with Gasteiger partial charge in [-0.15, -0.1) is 0 Å². The van der Waals surface area contributed by atoms with E-state index in [0.717, 1.165) is 57.8 Å². The fourth-order valence-electron chi connectivity index (χ4n) is 3.72. The average Bonchev–Trinajstić information content (AvgIpc) is 2.91. The third-order valence-electron chi connectivity index (χ3n) is 6.09. The van der Waals surface area contributed by atoms with E-state index in [2.05, 4.69) is 79.8 Å². The lowest BCUT2D eigenvalue weighted by atomic mass is 10.1. The number of unbranched alkanes of at least 4 members (excludes halogenated alkanes) is 2. The molecule has 0 aromatic heterocycles. The Morgan fingerprint density at radius 3 is 1.71 bits per heavy atom. The Kier molecular flexibility index (Phi) is 24.4. The van der Waals surface area contributed by atoms with Crippen LogP contribution in [0.3, 0.4) is 0 Å². The van der Waals surface area contributed by atoms with Gasteiger partial charge in [0.2, 0.25) is 0 Å². The van der Waals surface area contributed by atoms with Gasteiger partial charge < -0.3 is 29.0 Å². The van der Waals surface area contributed by atoms with Crippen LogP contribution in [0.4, 0.5) is 0 Å². The molecule has 0 aliphatic rings. The van der Waals surface area contributed by atoms with Gasteiger partial charge in [0.15, 0.2) is 0 Å². The van der Waals surface area contributed by atoms with Crippen LogP contribution >= 0.6 is 0 Å². The summed E-state index contributed by atoms with van der Waals surface area (Å²) in [6, 6.07) is -0.696. The predicted molar refractivity (Wildman–Crippen MR) is 166 cm³/mol. The zero-order valence-electron chi connectivity index (χ0n) is 25.9. The Labute approximate surface area is 249 Å². The maximum atomic E-state index is 11.9. The number of aliphatic carboxylic acids is 1. The molecule has 7 heteroatoms. The summed E-state index contributed by atoms with van der Waals surface area (Å²) in [5.74, 6) is -1.47. The van der Waals surface area contributed by atoms with Crippen molar-refractivity contribution < 1.29 is 33.8 Å². The number of quaternary nitrogens is 1. The van der Waals surface area contributed by atoms with Crippen LogP contribution in [0, 0.1) is 0 Å². The average molecular weight is 574 g/mol. The van der Waals surface area contributed by atoms with Gasteiger partial charge in [0.05, 0.1) is 40.3 Å². The second kappa shape index (κ2) is 26.2. The molecular weight excluding hydrogens is 518 g/mol.